The number of carbonyl (C=O) groups is 2. The van der Waals surface area contributed by atoms with Gasteiger partial charge in [0.15, 0.2) is 0 Å². The summed E-state index contributed by atoms with van der Waals surface area (Å²) in [5.41, 5.74) is 0.447. The summed E-state index contributed by atoms with van der Waals surface area (Å²) in [4.78, 5) is 30.3. The first-order chi connectivity index (χ1) is 11.4. The number of hydrogen-bond donors (Lipinski definition) is 2. The second-order valence-electron chi connectivity index (χ2n) is 6.79. The van der Waals surface area contributed by atoms with Crippen LogP contribution in [0.15, 0.2) is 18.3 Å². The van der Waals surface area contributed by atoms with Crippen LogP contribution in [0.1, 0.15) is 26.3 Å². The summed E-state index contributed by atoms with van der Waals surface area (Å²) >= 11 is 0. The van der Waals surface area contributed by atoms with Crippen molar-refractivity contribution in [1.82, 2.24) is 15.6 Å². The van der Waals surface area contributed by atoms with Crippen LogP contribution in [0.25, 0.3) is 0 Å². The molecule has 0 saturated carbocycles. The zero-order valence-electron chi connectivity index (χ0n) is 14.6. The number of nitrogens with one attached hydrogen (secondary N) is 2. The molecule has 0 aromatic carbocycles. The summed E-state index contributed by atoms with van der Waals surface area (Å²) in [5.74, 6) is 0.511. The average Bonchev–Trinajstić information content (AvgIpc) is 2.58. The van der Waals surface area contributed by atoms with Gasteiger partial charge < -0.3 is 20.3 Å². The maximum atomic E-state index is 12.0. The lowest BCUT2D eigenvalue weighted by atomic mass is 9.96. The van der Waals surface area contributed by atoms with Gasteiger partial charge in [-0.15, -0.1) is 0 Å². The van der Waals surface area contributed by atoms with Gasteiger partial charge in [0.25, 0.3) is 0 Å². The van der Waals surface area contributed by atoms with Crippen molar-refractivity contribution < 1.29 is 14.3 Å². The van der Waals surface area contributed by atoms with Gasteiger partial charge in [-0.1, -0.05) is 26.8 Å². The Hall–Kier alpha value is -2.15. The fourth-order valence-electron chi connectivity index (χ4n) is 2.31. The Morgan fingerprint density at radius 1 is 1.25 bits per heavy atom. The van der Waals surface area contributed by atoms with Gasteiger partial charge in [-0.3, -0.25) is 9.59 Å². The van der Waals surface area contributed by atoms with Gasteiger partial charge in [0.2, 0.25) is 11.8 Å². The molecular weight excluding hydrogens is 308 g/mol. The highest BCUT2D eigenvalue weighted by molar-refractivity contribution is 5.87. The molecule has 0 unspecified atom stereocenters. The van der Waals surface area contributed by atoms with Crippen molar-refractivity contribution in [3.63, 3.8) is 0 Å². The van der Waals surface area contributed by atoms with E-state index >= 15 is 0 Å². The van der Waals surface area contributed by atoms with Crippen LogP contribution >= 0.6 is 0 Å². The molecule has 2 N–H and O–H groups in total. The van der Waals surface area contributed by atoms with Crippen LogP contribution in [0.5, 0.6) is 0 Å². The SMILES string of the molecule is CC(C)(C)C(=O)NCC(=O)NCc1cccnc1N1CCOCC1. The summed E-state index contributed by atoms with van der Waals surface area (Å²) in [6.07, 6.45) is 1.75. The Kier molecular flexibility index (Phi) is 6.14. The summed E-state index contributed by atoms with van der Waals surface area (Å²) in [6, 6.07) is 3.80. The molecule has 0 radical (unpaired) electrons. The van der Waals surface area contributed by atoms with E-state index in [2.05, 4.69) is 20.5 Å². The van der Waals surface area contributed by atoms with E-state index < -0.39 is 5.41 Å². The first-order valence-electron chi connectivity index (χ1n) is 8.19. The first kappa shape index (κ1) is 18.2. The van der Waals surface area contributed by atoms with Crippen LogP contribution in [0.4, 0.5) is 5.82 Å². The Labute approximate surface area is 142 Å². The molecule has 0 atom stereocenters. The molecule has 0 aliphatic carbocycles. The summed E-state index contributed by atoms with van der Waals surface area (Å²) in [6.45, 7) is 8.73. The molecule has 1 aromatic rings. The number of amides is 2. The van der Waals surface area contributed by atoms with E-state index in [1.165, 1.54) is 0 Å². The topological polar surface area (TPSA) is 83.6 Å². The third kappa shape index (κ3) is 5.19. The normalized spacial score (nSPS) is 15.0. The largest absolute Gasteiger partial charge is 0.378 e. The predicted octanol–water partition coefficient (Wildman–Crippen LogP) is 0.697. The second-order valence-corrected chi connectivity index (χ2v) is 6.79. The zero-order chi connectivity index (χ0) is 17.6. The summed E-state index contributed by atoms with van der Waals surface area (Å²) in [7, 11) is 0. The van der Waals surface area contributed by atoms with Crippen LogP contribution < -0.4 is 15.5 Å². The molecule has 1 fully saturated rings. The molecule has 2 rings (SSSR count). The van der Waals surface area contributed by atoms with Gasteiger partial charge >= 0.3 is 0 Å². The molecule has 2 heterocycles. The van der Waals surface area contributed by atoms with E-state index in [4.69, 9.17) is 4.74 Å². The third-order valence-electron chi connectivity index (χ3n) is 3.74. The zero-order valence-corrected chi connectivity index (χ0v) is 14.6. The third-order valence-corrected chi connectivity index (χ3v) is 3.74. The van der Waals surface area contributed by atoms with Gasteiger partial charge in [0.1, 0.15) is 5.82 Å². The quantitative estimate of drug-likeness (QED) is 0.828. The van der Waals surface area contributed by atoms with Crippen LogP contribution in [0.2, 0.25) is 0 Å². The van der Waals surface area contributed by atoms with E-state index in [1.54, 1.807) is 6.20 Å². The maximum Gasteiger partial charge on any atom is 0.239 e. The fraction of sp³-hybridized carbons (Fsp3) is 0.588. The number of nitrogens with zero attached hydrogens (tertiary/aromatic N) is 2. The van der Waals surface area contributed by atoms with E-state index in [9.17, 15) is 9.59 Å². The van der Waals surface area contributed by atoms with E-state index in [-0.39, 0.29) is 18.4 Å². The van der Waals surface area contributed by atoms with E-state index in [1.807, 2.05) is 32.9 Å². The number of pyridine rings is 1. The number of aromatic nitrogens is 1. The maximum absolute atomic E-state index is 12.0. The van der Waals surface area contributed by atoms with Crippen molar-refractivity contribution in [2.45, 2.75) is 27.3 Å². The van der Waals surface area contributed by atoms with Crippen molar-refractivity contribution in [3.05, 3.63) is 23.9 Å². The number of morpholine rings is 1. The molecule has 0 bridgehead atoms. The number of anilines is 1. The van der Waals surface area contributed by atoms with Crippen LogP contribution in [0, 0.1) is 5.41 Å². The minimum absolute atomic E-state index is 0.0246. The molecule has 24 heavy (non-hydrogen) atoms. The highest BCUT2D eigenvalue weighted by atomic mass is 16.5. The molecule has 1 aliphatic rings. The standard InChI is InChI=1S/C17H26N4O3/c1-17(2,3)16(23)20-12-14(22)19-11-13-5-4-6-18-15(13)21-7-9-24-10-8-21/h4-6H,7-12H2,1-3H3,(H,19,22)(H,20,23). The second kappa shape index (κ2) is 8.10. The molecule has 1 aliphatic heterocycles. The highest BCUT2D eigenvalue weighted by Crippen LogP contribution is 2.18. The molecule has 0 spiro atoms. The van der Waals surface area contributed by atoms with Gasteiger partial charge in [-0.25, -0.2) is 4.98 Å². The van der Waals surface area contributed by atoms with E-state index in [0.717, 1.165) is 24.5 Å². The van der Waals surface area contributed by atoms with Crippen molar-refractivity contribution in [2.24, 2.45) is 5.41 Å². The van der Waals surface area contributed by atoms with Crippen LogP contribution in [-0.2, 0) is 20.9 Å². The number of hydrogen-bond acceptors (Lipinski definition) is 5. The molecule has 7 nitrogen and oxygen atoms in total. The molecule has 7 heteroatoms. The Bertz CT molecular complexity index is 577. The van der Waals surface area contributed by atoms with E-state index in [0.29, 0.717) is 19.8 Å². The lowest BCUT2D eigenvalue weighted by Gasteiger charge is -2.29. The Balaban J connectivity index is 1.87. The molecule has 1 aromatic heterocycles. The minimum Gasteiger partial charge on any atom is -0.378 e. The number of carbonyl (C=O) groups excluding carboxylic acids is 2. The van der Waals surface area contributed by atoms with Crippen molar-refractivity contribution >= 4 is 17.6 Å². The van der Waals surface area contributed by atoms with Crippen LogP contribution in [0.3, 0.4) is 0 Å². The predicted molar refractivity (Wildman–Crippen MR) is 91.6 cm³/mol. The van der Waals surface area contributed by atoms with Gasteiger partial charge in [-0.05, 0) is 6.07 Å². The van der Waals surface area contributed by atoms with Crippen molar-refractivity contribution in [2.75, 3.05) is 37.7 Å². The molecule has 1 saturated heterocycles. The highest BCUT2D eigenvalue weighted by Gasteiger charge is 2.21. The van der Waals surface area contributed by atoms with Gasteiger partial charge in [0, 0.05) is 36.8 Å². The lowest BCUT2D eigenvalue weighted by Crippen LogP contribution is -2.42. The lowest BCUT2D eigenvalue weighted by molar-refractivity contribution is -0.131. The smallest absolute Gasteiger partial charge is 0.239 e. The minimum atomic E-state index is -0.507. The Morgan fingerprint density at radius 3 is 2.62 bits per heavy atom. The van der Waals surface area contributed by atoms with Gasteiger partial charge in [-0.2, -0.15) is 0 Å². The number of rotatable bonds is 5. The molecular formula is C17H26N4O3. The number of ether oxygens (including phenoxy) is 1. The molecule has 132 valence electrons. The fourth-order valence-corrected chi connectivity index (χ4v) is 2.31. The summed E-state index contributed by atoms with van der Waals surface area (Å²) < 4.78 is 5.36. The van der Waals surface area contributed by atoms with Crippen LogP contribution in [-0.4, -0.2) is 49.6 Å². The average molecular weight is 334 g/mol. The monoisotopic (exact) mass is 334 g/mol. The Morgan fingerprint density at radius 2 is 1.96 bits per heavy atom. The molecule has 2 amide bonds. The van der Waals surface area contributed by atoms with Crippen molar-refractivity contribution in [1.29, 1.82) is 0 Å². The van der Waals surface area contributed by atoms with Gasteiger partial charge in [0.05, 0.1) is 19.8 Å². The summed E-state index contributed by atoms with van der Waals surface area (Å²) in [5, 5.41) is 5.48. The van der Waals surface area contributed by atoms with Crippen molar-refractivity contribution in [3.8, 4) is 0 Å². The first-order valence-corrected chi connectivity index (χ1v) is 8.19.